The van der Waals surface area contributed by atoms with E-state index in [0.29, 0.717) is 0 Å². The lowest BCUT2D eigenvalue weighted by Gasteiger charge is -2.05. The van der Waals surface area contributed by atoms with E-state index in [2.05, 4.69) is 59.0 Å². The Morgan fingerprint density at radius 1 is 1.36 bits per heavy atom. The molecule has 0 spiro atoms. The van der Waals surface area contributed by atoms with Crippen LogP contribution >= 0.6 is 15.9 Å². The predicted octanol–water partition coefficient (Wildman–Crippen LogP) is 3.96. The zero-order valence-electron chi connectivity index (χ0n) is 8.52. The molecular weight excluding hydrogens is 238 g/mol. The van der Waals surface area contributed by atoms with Gasteiger partial charge in [0.25, 0.3) is 0 Å². The average molecular weight is 254 g/mol. The van der Waals surface area contributed by atoms with E-state index in [1.165, 1.54) is 12.0 Å². The quantitative estimate of drug-likeness (QED) is 0.838. The average Bonchev–Trinajstić information content (AvgIpc) is 2.17. The van der Waals surface area contributed by atoms with E-state index < -0.39 is 0 Å². The van der Waals surface area contributed by atoms with Crippen LogP contribution in [0.1, 0.15) is 18.9 Å². The summed E-state index contributed by atoms with van der Waals surface area (Å²) >= 11 is 3.31. The molecule has 1 N–H and O–H groups in total. The van der Waals surface area contributed by atoms with Crippen molar-refractivity contribution in [3.8, 4) is 0 Å². The minimum atomic E-state index is 0.771. The molecule has 76 valence electrons. The number of anilines is 1. The van der Waals surface area contributed by atoms with Gasteiger partial charge in [-0.1, -0.05) is 48.0 Å². The molecular formula is C12H16BrN. The number of nitrogens with one attached hydrogen (secondary N) is 1. The third-order valence-corrected chi connectivity index (χ3v) is 2.26. The Morgan fingerprint density at radius 2 is 2.00 bits per heavy atom. The second-order valence-electron chi connectivity index (χ2n) is 3.32. The van der Waals surface area contributed by atoms with Crippen LogP contribution in [0.25, 0.3) is 0 Å². The highest BCUT2D eigenvalue weighted by Gasteiger charge is 1.93. The second-order valence-corrected chi connectivity index (χ2v) is 4.44. The van der Waals surface area contributed by atoms with Gasteiger partial charge in [0, 0.05) is 16.7 Å². The molecule has 0 aliphatic carbocycles. The number of halogens is 1. The highest BCUT2D eigenvalue weighted by Crippen LogP contribution is 2.12. The molecule has 0 bridgehead atoms. The van der Waals surface area contributed by atoms with E-state index in [0.717, 1.165) is 23.1 Å². The molecule has 0 atom stereocenters. The van der Waals surface area contributed by atoms with Crippen LogP contribution < -0.4 is 5.32 Å². The van der Waals surface area contributed by atoms with Gasteiger partial charge in [-0.3, -0.25) is 0 Å². The van der Waals surface area contributed by atoms with Crippen molar-refractivity contribution in [2.75, 3.05) is 11.9 Å². The maximum atomic E-state index is 3.77. The summed E-state index contributed by atoms with van der Waals surface area (Å²) in [5, 5.41) is 3.27. The van der Waals surface area contributed by atoms with Crippen LogP contribution in [0.2, 0.25) is 0 Å². The fourth-order valence-corrected chi connectivity index (χ4v) is 1.42. The fourth-order valence-electron chi connectivity index (χ4n) is 1.28. The van der Waals surface area contributed by atoms with Crippen LogP contribution in [0, 0.1) is 0 Å². The first-order chi connectivity index (χ1) is 6.72. The first kappa shape index (κ1) is 11.3. The lowest BCUT2D eigenvalue weighted by atomic mass is 10.1. The van der Waals surface area contributed by atoms with Crippen LogP contribution in [0.3, 0.4) is 0 Å². The molecule has 0 aromatic heterocycles. The Labute approximate surface area is 94.3 Å². The van der Waals surface area contributed by atoms with Gasteiger partial charge in [0.05, 0.1) is 0 Å². The van der Waals surface area contributed by atoms with Gasteiger partial charge < -0.3 is 5.32 Å². The van der Waals surface area contributed by atoms with Crippen molar-refractivity contribution in [1.29, 1.82) is 0 Å². The van der Waals surface area contributed by atoms with E-state index in [9.17, 15) is 0 Å². The number of benzene rings is 1. The summed E-state index contributed by atoms with van der Waals surface area (Å²) in [5.41, 5.74) is 2.54. The Hall–Kier alpha value is -0.760. The fraction of sp³-hybridized carbons (Fsp3) is 0.333. The normalized spacial score (nSPS) is 9.86. The lowest BCUT2D eigenvalue weighted by molar-refractivity contribution is 0.922. The molecule has 1 aromatic rings. The van der Waals surface area contributed by atoms with Gasteiger partial charge in [0.15, 0.2) is 0 Å². The molecule has 0 saturated carbocycles. The summed E-state index contributed by atoms with van der Waals surface area (Å²) < 4.78 is 0.968. The molecule has 1 aromatic carbocycles. The molecule has 2 heteroatoms. The minimum absolute atomic E-state index is 0.771. The van der Waals surface area contributed by atoms with Crippen molar-refractivity contribution >= 4 is 21.6 Å². The summed E-state index contributed by atoms with van der Waals surface area (Å²) in [6.07, 6.45) is 2.36. The van der Waals surface area contributed by atoms with Crippen molar-refractivity contribution in [3.05, 3.63) is 40.9 Å². The van der Waals surface area contributed by atoms with Gasteiger partial charge in [0.1, 0.15) is 0 Å². The molecule has 1 rings (SSSR count). The van der Waals surface area contributed by atoms with Gasteiger partial charge in [-0.15, -0.1) is 0 Å². The smallest absolute Gasteiger partial charge is 0.0460 e. The first-order valence-corrected chi connectivity index (χ1v) is 5.67. The second kappa shape index (κ2) is 5.86. The number of hydrogen-bond donors (Lipinski definition) is 1. The van der Waals surface area contributed by atoms with Gasteiger partial charge in [-0.2, -0.15) is 0 Å². The topological polar surface area (TPSA) is 12.0 Å². The Kier molecular flexibility index (Phi) is 4.74. The third-order valence-electron chi connectivity index (χ3n) is 1.98. The van der Waals surface area contributed by atoms with Crippen LogP contribution in [0.15, 0.2) is 35.3 Å². The van der Waals surface area contributed by atoms with E-state index in [-0.39, 0.29) is 0 Å². The van der Waals surface area contributed by atoms with Crippen molar-refractivity contribution in [2.24, 2.45) is 0 Å². The number of aryl methyl sites for hydroxylation is 1. The van der Waals surface area contributed by atoms with Gasteiger partial charge >= 0.3 is 0 Å². The SMILES string of the molecule is C=C(Br)CNc1ccc(CCC)cc1. The number of rotatable bonds is 5. The summed E-state index contributed by atoms with van der Waals surface area (Å²) in [5.74, 6) is 0. The van der Waals surface area contributed by atoms with Crippen molar-refractivity contribution < 1.29 is 0 Å². The Morgan fingerprint density at radius 3 is 2.50 bits per heavy atom. The molecule has 14 heavy (non-hydrogen) atoms. The van der Waals surface area contributed by atoms with E-state index in [1.54, 1.807) is 0 Å². The number of hydrogen-bond acceptors (Lipinski definition) is 1. The van der Waals surface area contributed by atoms with Gasteiger partial charge in [0.2, 0.25) is 0 Å². The van der Waals surface area contributed by atoms with Crippen LogP contribution in [-0.4, -0.2) is 6.54 Å². The van der Waals surface area contributed by atoms with E-state index in [4.69, 9.17) is 0 Å². The Bertz CT molecular complexity index is 290. The zero-order valence-corrected chi connectivity index (χ0v) is 10.1. The third kappa shape index (κ3) is 3.97. The molecule has 1 nitrogen and oxygen atoms in total. The Balaban J connectivity index is 2.50. The van der Waals surface area contributed by atoms with Crippen LogP contribution in [0.5, 0.6) is 0 Å². The van der Waals surface area contributed by atoms with Crippen LogP contribution in [0.4, 0.5) is 5.69 Å². The predicted molar refractivity (Wildman–Crippen MR) is 67.0 cm³/mol. The molecule has 0 amide bonds. The van der Waals surface area contributed by atoms with Crippen molar-refractivity contribution in [1.82, 2.24) is 0 Å². The van der Waals surface area contributed by atoms with Crippen molar-refractivity contribution in [3.63, 3.8) is 0 Å². The molecule has 0 heterocycles. The maximum absolute atomic E-state index is 3.77. The van der Waals surface area contributed by atoms with E-state index >= 15 is 0 Å². The summed E-state index contributed by atoms with van der Waals surface area (Å²) in [6.45, 7) is 6.74. The van der Waals surface area contributed by atoms with Crippen molar-refractivity contribution in [2.45, 2.75) is 19.8 Å². The molecule has 0 unspecified atom stereocenters. The summed E-state index contributed by atoms with van der Waals surface area (Å²) in [6, 6.07) is 8.56. The van der Waals surface area contributed by atoms with E-state index in [1.807, 2.05) is 0 Å². The molecule has 0 fully saturated rings. The maximum Gasteiger partial charge on any atom is 0.0460 e. The standard InChI is InChI=1S/C12H16BrN/c1-3-4-11-5-7-12(8-6-11)14-9-10(2)13/h5-8,14H,2-4,9H2,1H3. The van der Waals surface area contributed by atoms with Gasteiger partial charge in [-0.25, -0.2) is 0 Å². The van der Waals surface area contributed by atoms with Gasteiger partial charge in [-0.05, 0) is 24.1 Å². The molecule has 0 aliphatic heterocycles. The monoisotopic (exact) mass is 253 g/mol. The zero-order chi connectivity index (χ0) is 10.4. The largest absolute Gasteiger partial charge is 0.380 e. The molecule has 0 radical (unpaired) electrons. The first-order valence-electron chi connectivity index (χ1n) is 4.88. The summed E-state index contributed by atoms with van der Waals surface area (Å²) in [4.78, 5) is 0. The highest BCUT2D eigenvalue weighted by atomic mass is 79.9. The van der Waals surface area contributed by atoms with Crippen LogP contribution in [-0.2, 0) is 6.42 Å². The minimum Gasteiger partial charge on any atom is -0.380 e. The molecule has 0 aliphatic rings. The molecule has 0 saturated heterocycles. The lowest BCUT2D eigenvalue weighted by Crippen LogP contribution is -2.00. The summed E-state index contributed by atoms with van der Waals surface area (Å²) in [7, 11) is 0. The highest BCUT2D eigenvalue weighted by molar-refractivity contribution is 9.11.